The summed E-state index contributed by atoms with van der Waals surface area (Å²) in [5, 5.41) is 10.6. The van der Waals surface area contributed by atoms with Gasteiger partial charge in [-0.15, -0.1) is 0 Å². The van der Waals surface area contributed by atoms with Crippen LogP contribution >= 0.6 is 0 Å². The fourth-order valence-corrected chi connectivity index (χ4v) is 1.18. The first-order chi connectivity index (χ1) is 6.22. The van der Waals surface area contributed by atoms with Crippen LogP contribution in [0.15, 0.2) is 6.07 Å². The minimum atomic E-state index is 0.702. The van der Waals surface area contributed by atoms with Gasteiger partial charge < -0.3 is 5.32 Å². The molecule has 13 heavy (non-hydrogen) atoms. The number of rotatable bonds is 5. The lowest BCUT2D eigenvalue weighted by Crippen LogP contribution is -2.19. The Morgan fingerprint density at radius 1 is 1.54 bits per heavy atom. The van der Waals surface area contributed by atoms with Crippen molar-refractivity contribution in [2.45, 2.75) is 33.7 Å². The number of nitrogens with zero attached hydrogens (tertiary/aromatic N) is 1. The summed E-state index contributed by atoms with van der Waals surface area (Å²) < 4.78 is 0. The van der Waals surface area contributed by atoms with Crippen LogP contribution in [0.5, 0.6) is 0 Å². The number of aromatic amines is 1. The van der Waals surface area contributed by atoms with Crippen LogP contribution in [-0.4, -0.2) is 16.7 Å². The molecule has 0 saturated heterocycles. The number of hydrogen-bond acceptors (Lipinski definition) is 2. The molecule has 0 aromatic carbocycles. The van der Waals surface area contributed by atoms with E-state index in [9.17, 15) is 0 Å². The van der Waals surface area contributed by atoms with Crippen LogP contribution in [0, 0.1) is 5.92 Å². The maximum atomic E-state index is 4.17. The molecule has 0 aliphatic carbocycles. The zero-order valence-corrected chi connectivity index (χ0v) is 8.72. The average Bonchev–Trinajstić information content (AvgIpc) is 2.52. The third-order valence-corrected chi connectivity index (χ3v) is 1.91. The molecule has 74 valence electrons. The topological polar surface area (TPSA) is 40.7 Å². The second kappa shape index (κ2) is 5.02. The highest BCUT2D eigenvalue weighted by Crippen LogP contribution is 1.99. The molecule has 3 heteroatoms. The van der Waals surface area contributed by atoms with Gasteiger partial charge in [-0.25, -0.2) is 0 Å². The molecule has 2 N–H and O–H groups in total. The molecule has 0 atom stereocenters. The first kappa shape index (κ1) is 10.3. The van der Waals surface area contributed by atoms with Crippen molar-refractivity contribution in [3.63, 3.8) is 0 Å². The minimum absolute atomic E-state index is 0.702. The van der Waals surface area contributed by atoms with Gasteiger partial charge in [-0.3, -0.25) is 5.10 Å². The highest BCUT2D eigenvalue weighted by Gasteiger charge is 1.98. The molecule has 0 aliphatic rings. The molecule has 1 aromatic heterocycles. The van der Waals surface area contributed by atoms with Gasteiger partial charge in [0, 0.05) is 12.2 Å². The Morgan fingerprint density at radius 2 is 2.31 bits per heavy atom. The van der Waals surface area contributed by atoms with E-state index in [-0.39, 0.29) is 0 Å². The highest BCUT2D eigenvalue weighted by molar-refractivity contribution is 5.07. The van der Waals surface area contributed by atoms with Gasteiger partial charge in [0.25, 0.3) is 0 Å². The normalized spacial score (nSPS) is 11.1. The predicted molar refractivity (Wildman–Crippen MR) is 54.5 cm³/mol. The monoisotopic (exact) mass is 181 g/mol. The van der Waals surface area contributed by atoms with Crippen LogP contribution in [0.25, 0.3) is 0 Å². The summed E-state index contributed by atoms with van der Waals surface area (Å²) in [6.07, 6.45) is 1.00. The lowest BCUT2D eigenvalue weighted by atomic mass is 10.2. The zero-order chi connectivity index (χ0) is 9.68. The number of aromatic nitrogens is 2. The summed E-state index contributed by atoms with van der Waals surface area (Å²) in [5.41, 5.74) is 2.32. The van der Waals surface area contributed by atoms with E-state index in [0.717, 1.165) is 25.2 Å². The van der Waals surface area contributed by atoms with E-state index in [1.54, 1.807) is 0 Å². The van der Waals surface area contributed by atoms with E-state index in [0.29, 0.717) is 5.92 Å². The predicted octanol–water partition coefficient (Wildman–Crippen LogP) is 1.72. The van der Waals surface area contributed by atoms with Crippen LogP contribution in [0.1, 0.15) is 32.2 Å². The van der Waals surface area contributed by atoms with E-state index in [1.165, 1.54) is 5.69 Å². The Kier molecular flexibility index (Phi) is 3.96. The minimum Gasteiger partial charge on any atom is -0.311 e. The molecule has 0 spiro atoms. The SMILES string of the molecule is CCc1cc(CNCC(C)C)[nH]n1. The molecule has 0 amide bonds. The van der Waals surface area contributed by atoms with Crippen molar-refractivity contribution >= 4 is 0 Å². The number of nitrogens with one attached hydrogen (secondary N) is 2. The van der Waals surface area contributed by atoms with Crippen molar-refractivity contribution in [3.8, 4) is 0 Å². The summed E-state index contributed by atoms with van der Waals surface area (Å²) in [7, 11) is 0. The van der Waals surface area contributed by atoms with Crippen LogP contribution in [0.3, 0.4) is 0 Å². The highest BCUT2D eigenvalue weighted by atomic mass is 15.1. The van der Waals surface area contributed by atoms with Gasteiger partial charge in [0.15, 0.2) is 0 Å². The summed E-state index contributed by atoms with van der Waals surface area (Å²) in [6, 6.07) is 2.12. The smallest absolute Gasteiger partial charge is 0.0622 e. The van der Waals surface area contributed by atoms with E-state index in [2.05, 4.69) is 42.4 Å². The fourth-order valence-electron chi connectivity index (χ4n) is 1.18. The van der Waals surface area contributed by atoms with Gasteiger partial charge in [-0.05, 0) is 24.9 Å². The van der Waals surface area contributed by atoms with Crippen molar-refractivity contribution in [2.75, 3.05) is 6.54 Å². The first-order valence-electron chi connectivity index (χ1n) is 4.96. The largest absolute Gasteiger partial charge is 0.311 e. The van der Waals surface area contributed by atoms with Crippen molar-refractivity contribution < 1.29 is 0 Å². The maximum absolute atomic E-state index is 4.17. The molecule has 0 saturated carbocycles. The van der Waals surface area contributed by atoms with Gasteiger partial charge in [0.2, 0.25) is 0 Å². The summed E-state index contributed by atoms with van der Waals surface area (Å²) in [6.45, 7) is 8.47. The van der Waals surface area contributed by atoms with Crippen LogP contribution in [0.4, 0.5) is 0 Å². The van der Waals surface area contributed by atoms with Gasteiger partial charge in [0.05, 0.1) is 5.69 Å². The van der Waals surface area contributed by atoms with Gasteiger partial charge in [0.1, 0.15) is 0 Å². The third kappa shape index (κ3) is 3.59. The van der Waals surface area contributed by atoms with Crippen molar-refractivity contribution in [3.05, 3.63) is 17.5 Å². The molecular formula is C10H19N3. The lowest BCUT2D eigenvalue weighted by molar-refractivity contribution is 0.548. The fraction of sp³-hybridized carbons (Fsp3) is 0.700. The molecule has 0 bridgehead atoms. The van der Waals surface area contributed by atoms with E-state index in [4.69, 9.17) is 0 Å². The van der Waals surface area contributed by atoms with E-state index < -0.39 is 0 Å². The molecule has 0 aliphatic heterocycles. The Balaban J connectivity index is 2.28. The quantitative estimate of drug-likeness (QED) is 0.726. The van der Waals surface area contributed by atoms with Crippen LogP contribution in [0.2, 0.25) is 0 Å². The van der Waals surface area contributed by atoms with Crippen molar-refractivity contribution in [1.29, 1.82) is 0 Å². The maximum Gasteiger partial charge on any atom is 0.0622 e. The van der Waals surface area contributed by atoms with E-state index >= 15 is 0 Å². The van der Waals surface area contributed by atoms with Gasteiger partial charge in [-0.1, -0.05) is 20.8 Å². The zero-order valence-electron chi connectivity index (χ0n) is 8.72. The standard InChI is InChI=1S/C10H19N3/c1-4-9-5-10(13-12-9)7-11-6-8(2)3/h5,8,11H,4,6-7H2,1-3H3,(H,12,13). The Hall–Kier alpha value is -0.830. The lowest BCUT2D eigenvalue weighted by Gasteiger charge is -2.04. The second-order valence-corrected chi connectivity index (χ2v) is 3.76. The number of hydrogen-bond donors (Lipinski definition) is 2. The molecule has 1 rings (SSSR count). The molecule has 1 heterocycles. The molecular weight excluding hydrogens is 162 g/mol. The average molecular weight is 181 g/mol. The first-order valence-corrected chi connectivity index (χ1v) is 4.96. The third-order valence-electron chi connectivity index (χ3n) is 1.91. The molecule has 0 unspecified atom stereocenters. The van der Waals surface area contributed by atoms with Gasteiger partial charge >= 0.3 is 0 Å². The summed E-state index contributed by atoms with van der Waals surface area (Å²) in [4.78, 5) is 0. The van der Waals surface area contributed by atoms with Gasteiger partial charge in [-0.2, -0.15) is 5.10 Å². The number of H-pyrrole nitrogens is 1. The molecule has 0 radical (unpaired) electrons. The van der Waals surface area contributed by atoms with Crippen molar-refractivity contribution in [2.24, 2.45) is 5.92 Å². The molecule has 3 nitrogen and oxygen atoms in total. The van der Waals surface area contributed by atoms with Crippen LogP contribution in [-0.2, 0) is 13.0 Å². The second-order valence-electron chi connectivity index (χ2n) is 3.76. The molecule has 0 fully saturated rings. The summed E-state index contributed by atoms with van der Waals surface area (Å²) >= 11 is 0. The van der Waals surface area contributed by atoms with E-state index in [1.807, 2.05) is 0 Å². The Labute approximate surface area is 79.9 Å². The molecule has 1 aromatic rings. The summed E-state index contributed by atoms with van der Waals surface area (Å²) in [5.74, 6) is 0.702. The van der Waals surface area contributed by atoms with Crippen molar-refractivity contribution in [1.82, 2.24) is 15.5 Å². The Morgan fingerprint density at radius 3 is 2.85 bits per heavy atom. The Bertz CT molecular complexity index is 240. The van der Waals surface area contributed by atoms with Crippen LogP contribution < -0.4 is 5.32 Å². The number of aryl methyl sites for hydroxylation is 1.